The van der Waals surface area contributed by atoms with Gasteiger partial charge in [-0.25, -0.2) is 0 Å². The van der Waals surface area contributed by atoms with Crippen LogP contribution in [-0.4, -0.2) is 0 Å². The number of hydrogen-bond donors (Lipinski definition) is 2. The fourth-order valence-corrected chi connectivity index (χ4v) is 0.275. The van der Waals surface area contributed by atoms with Gasteiger partial charge in [0.2, 0.25) is 0 Å². The Morgan fingerprint density at radius 3 is 2.00 bits per heavy atom. The summed E-state index contributed by atoms with van der Waals surface area (Å²) in [6.07, 6.45) is 3.02. The molecule has 0 saturated carbocycles. The number of halogens is 2. The van der Waals surface area contributed by atoms with Crippen molar-refractivity contribution >= 4 is 30.5 Å². The van der Waals surface area contributed by atoms with Gasteiger partial charge in [0.05, 0.1) is 12.0 Å². The van der Waals surface area contributed by atoms with Gasteiger partial charge in [-0.05, 0) is 6.07 Å². The van der Waals surface area contributed by atoms with Crippen LogP contribution in [0.2, 0.25) is 0 Å². The highest BCUT2D eigenvalue weighted by atomic mass is 35.5. The van der Waals surface area contributed by atoms with Crippen LogP contribution in [0.1, 0.15) is 0 Å². The second-order valence-corrected chi connectivity index (χ2v) is 1.06. The van der Waals surface area contributed by atoms with Crippen LogP contribution < -0.4 is 11.9 Å². The van der Waals surface area contributed by atoms with E-state index in [1.54, 1.807) is 6.07 Å². The van der Waals surface area contributed by atoms with Gasteiger partial charge in [0.1, 0.15) is 6.26 Å². The molecule has 3 nitrogen and oxygen atoms in total. The maximum Gasteiger partial charge on any atom is 0.113 e. The maximum absolute atomic E-state index is 5.18. The number of nitrogen functional groups attached to an aromatic ring is 1. The number of hydrogen-bond acceptors (Lipinski definition) is 3. The summed E-state index contributed by atoms with van der Waals surface area (Å²) in [5, 5.41) is 0. The lowest BCUT2D eigenvalue weighted by molar-refractivity contribution is 0.568. The second-order valence-electron chi connectivity index (χ2n) is 1.06. The third-order valence-electron chi connectivity index (χ3n) is 0.543. The van der Waals surface area contributed by atoms with Gasteiger partial charge >= 0.3 is 0 Å². The van der Waals surface area contributed by atoms with Gasteiger partial charge < -0.3 is 16.3 Å². The first-order valence-electron chi connectivity index (χ1n) is 1.67. The van der Waals surface area contributed by atoms with Crippen molar-refractivity contribution in [1.29, 1.82) is 0 Å². The van der Waals surface area contributed by atoms with Crippen LogP contribution in [0, 0.1) is 0 Å². The van der Waals surface area contributed by atoms with Gasteiger partial charge in [0, 0.05) is 0 Å². The summed E-state index contributed by atoms with van der Waals surface area (Å²) in [5.74, 6) is 0. The zero-order valence-electron chi connectivity index (χ0n) is 4.74. The van der Waals surface area contributed by atoms with Crippen molar-refractivity contribution in [3.63, 3.8) is 0 Å². The molecule has 0 spiro atoms. The molecule has 5 N–H and O–H groups in total. The van der Waals surface area contributed by atoms with Crippen molar-refractivity contribution in [3.05, 3.63) is 18.6 Å². The molecule has 0 atom stereocenters. The minimum atomic E-state index is 0. The lowest BCUT2D eigenvalue weighted by atomic mass is 10.6. The van der Waals surface area contributed by atoms with Crippen LogP contribution in [0.5, 0.6) is 0 Å². The molecule has 1 heterocycles. The maximum atomic E-state index is 5.18. The van der Waals surface area contributed by atoms with E-state index >= 15 is 0 Å². The first-order chi connectivity index (χ1) is 2.89. The summed E-state index contributed by atoms with van der Waals surface area (Å²) in [5.41, 5.74) is 5.86. The fourth-order valence-electron chi connectivity index (χ4n) is 0.275. The number of furan rings is 1. The van der Waals surface area contributed by atoms with Crippen molar-refractivity contribution in [1.82, 2.24) is 6.15 Å². The van der Waals surface area contributed by atoms with Gasteiger partial charge in [-0.15, -0.1) is 24.8 Å². The van der Waals surface area contributed by atoms with E-state index in [2.05, 4.69) is 4.42 Å². The van der Waals surface area contributed by atoms with Crippen molar-refractivity contribution in [2.24, 2.45) is 0 Å². The highest BCUT2D eigenvalue weighted by Crippen LogP contribution is 1.97. The predicted molar refractivity (Wildman–Crippen MR) is 42.6 cm³/mol. The molecule has 56 valence electrons. The van der Waals surface area contributed by atoms with E-state index in [0.29, 0.717) is 5.69 Å². The van der Waals surface area contributed by atoms with Crippen LogP contribution >= 0.6 is 24.8 Å². The minimum Gasteiger partial charge on any atom is -0.470 e. The standard InChI is InChI=1S/C4H5NO.2ClH.H3N/c5-4-1-2-6-3-4;;;/h1-3H,5H2;2*1H;1H3. The fraction of sp³-hybridized carbons (Fsp3) is 0. The molecule has 0 amide bonds. The first-order valence-corrected chi connectivity index (χ1v) is 1.67. The molecule has 0 aromatic carbocycles. The molecule has 1 rings (SSSR count). The normalized spacial score (nSPS) is 5.78. The largest absolute Gasteiger partial charge is 0.470 e. The van der Waals surface area contributed by atoms with Crippen LogP contribution in [-0.2, 0) is 0 Å². The smallest absolute Gasteiger partial charge is 0.113 e. The van der Waals surface area contributed by atoms with E-state index in [1.807, 2.05) is 0 Å². The van der Waals surface area contributed by atoms with Crippen molar-refractivity contribution in [2.45, 2.75) is 0 Å². The number of anilines is 1. The summed E-state index contributed by atoms with van der Waals surface area (Å²) in [6.45, 7) is 0. The summed E-state index contributed by atoms with van der Waals surface area (Å²) < 4.78 is 4.59. The van der Waals surface area contributed by atoms with Gasteiger partial charge in [-0.3, -0.25) is 0 Å². The zero-order chi connectivity index (χ0) is 4.41. The van der Waals surface area contributed by atoms with E-state index in [9.17, 15) is 0 Å². The quantitative estimate of drug-likeness (QED) is 0.628. The third kappa shape index (κ3) is 5.49. The Morgan fingerprint density at radius 2 is 1.89 bits per heavy atom. The molecule has 0 aliphatic carbocycles. The highest BCUT2D eigenvalue weighted by molar-refractivity contribution is 5.85. The molecule has 0 fully saturated rings. The number of rotatable bonds is 0. The molecule has 0 saturated heterocycles. The molecular formula is C4H10Cl2N2O. The monoisotopic (exact) mass is 172 g/mol. The Bertz CT molecular complexity index is 120. The summed E-state index contributed by atoms with van der Waals surface area (Å²) >= 11 is 0. The van der Waals surface area contributed by atoms with Crippen LogP contribution in [0.4, 0.5) is 5.69 Å². The lowest BCUT2D eigenvalue weighted by Gasteiger charge is -1.66. The SMILES string of the molecule is Cl.Cl.N.Nc1ccoc1. The topological polar surface area (TPSA) is 74.2 Å². The van der Waals surface area contributed by atoms with E-state index in [4.69, 9.17) is 5.73 Å². The summed E-state index contributed by atoms with van der Waals surface area (Å²) in [6, 6.07) is 1.69. The molecule has 1 aromatic rings. The van der Waals surface area contributed by atoms with E-state index in [-0.39, 0.29) is 31.0 Å². The lowest BCUT2D eigenvalue weighted by Crippen LogP contribution is -1.74. The molecule has 1 aromatic heterocycles. The Kier molecular flexibility index (Phi) is 13.4. The Labute approximate surface area is 66.0 Å². The molecule has 0 bridgehead atoms. The van der Waals surface area contributed by atoms with Gasteiger partial charge in [0.15, 0.2) is 0 Å². The van der Waals surface area contributed by atoms with Crippen molar-refractivity contribution in [2.75, 3.05) is 5.73 Å². The van der Waals surface area contributed by atoms with E-state index in [1.165, 1.54) is 12.5 Å². The Balaban J connectivity index is -0.000000120. The Morgan fingerprint density at radius 1 is 1.33 bits per heavy atom. The summed E-state index contributed by atoms with van der Waals surface area (Å²) in [4.78, 5) is 0. The van der Waals surface area contributed by atoms with Crippen LogP contribution in [0.15, 0.2) is 23.0 Å². The molecule has 5 heteroatoms. The molecule has 9 heavy (non-hydrogen) atoms. The molecule has 0 unspecified atom stereocenters. The Hall–Kier alpha value is -0.380. The molecular weight excluding hydrogens is 163 g/mol. The third-order valence-corrected chi connectivity index (χ3v) is 0.543. The molecule has 0 aliphatic rings. The molecule has 0 aliphatic heterocycles. The predicted octanol–water partition coefficient (Wildman–Crippen LogP) is 1.87. The van der Waals surface area contributed by atoms with Crippen molar-refractivity contribution < 1.29 is 4.42 Å². The minimum absolute atomic E-state index is 0. The van der Waals surface area contributed by atoms with Gasteiger partial charge in [-0.1, -0.05) is 0 Å². The van der Waals surface area contributed by atoms with Crippen LogP contribution in [0.3, 0.4) is 0 Å². The van der Waals surface area contributed by atoms with Crippen molar-refractivity contribution in [3.8, 4) is 0 Å². The summed E-state index contributed by atoms with van der Waals surface area (Å²) in [7, 11) is 0. The zero-order valence-corrected chi connectivity index (χ0v) is 6.37. The number of nitrogens with two attached hydrogens (primary N) is 1. The van der Waals surface area contributed by atoms with Crippen LogP contribution in [0.25, 0.3) is 0 Å². The molecule has 0 radical (unpaired) electrons. The average Bonchev–Trinajstić information content (AvgIpc) is 1.86. The first kappa shape index (κ1) is 15.8. The van der Waals surface area contributed by atoms with E-state index < -0.39 is 0 Å². The highest BCUT2D eigenvalue weighted by Gasteiger charge is 1.76. The average molecular weight is 173 g/mol. The van der Waals surface area contributed by atoms with Gasteiger partial charge in [-0.2, -0.15) is 0 Å². The van der Waals surface area contributed by atoms with Gasteiger partial charge in [0.25, 0.3) is 0 Å². The van der Waals surface area contributed by atoms with E-state index in [0.717, 1.165) is 0 Å². The second kappa shape index (κ2) is 7.62.